The average Bonchev–Trinajstić information content (AvgIpc) is 2.86. The number of halogens is 1. The van der Waals surface area contributed by atoms with Crippen molar-refractivity contribution in [2.45, 2.75) is 0 Å². The second kappa shape index (κ2) is 10.3. The van der Waals surface area contributed by atoms with Crippen LogP contribution in [0.1, 0.15) is 20.7 Å². The Balaban J connectivity index is 1.61. The summed E-state index contributed by atoms with van der Waals surface area (Å²) in [5.74, 6) is -0.984. The largest absolute Gasteiger partial charge is 0.378 e. The molecule has 2 N–H and O–H groups in total. The Kier molecular flexibility index (Phi) is 7.05. The minimum absolute atomic E-state index is 0.143. The lowest BCUT2D eigenvalue weighted by Gasteiger charge is -2.30. The van der Waals surface area contributed by atoms with E-state index in [4.69, 9.17) is 16.3 Å². The summed E-state index contributed by atoms with van der Waals surface area (Å²) in [6, 6.07) is 17.4. The molecule has 0 aliphatic carbocycles. The van der Waals surface area contributed by atoms with Crippen LogP contribution in [0.2, 0.25) is 5.02 Å². The number of para-hydroxylation sites is 1. The highest BCUT2D eigenvalue weighted by atomic mass is 35.5. The van der Waals surface area contributed by atoms with Gasteiger partial charge in [-0.15, -0.1) is 0 Å². The van der Waals surface area contributed by atoms with E-state index in [-0.39, 0.29) is 22.5 Å². The molecule has 0 bridgehead atoms. The monoisotopic (exact) mass is 480 g/mol. The number of morpholine rings is 1. The van der Waals surface area contributed by atoms with Crippen LogP contribution in [0, 0.1) is 10.1 Å². The molecule has 0 unspecified atom stereocenters. The van der Waals surface area contributed by atoms with Gasteiger partial charge in [0, 0.05) is 35.9 Å². The fourth-order valence-electron chi connectivity index (χ4n) is 3.61. The molecular formula is C24H21ClN4O5. The van der Waals surface area contributed by atoms with Crippen molar-refractivity contribution < 1.29 is 19.2 Å². The van der Waals surface area contributed by atoms with Crippen LogP contribution in [0.3, 0.4) is 0 Å². The molecule has 0 radical (unpaired) electrons. The SMILES string of the molecule is O=C(Nc1ccc(Cl)cc1)c1ccccc1NC(=O)c1cc([N+](=O)[O-])ccc1N1CCOCC1. The molecule has 2 amide bonds. The number of carbonyl (C=O) groups is 2. The van der Waals surface area contributed by atoms with Crippen molar-refractivity contribution in [2.75, 3.05) is 41.8 Å². The minimum atomic E-state index is -0.558. The number of non-ortho nitro benzene ring substituents is 1. The molecule has 0 atom stereocenters. The van der Waals surface area contributed by atoms with Gasteiger partial charge in [-0.25, -0.2) is 0 Å². The lowest BCUT2D eigenvalue weighted by atomic mass is 10.1. The van der Waals surface area contributed by atoms with Crippen molar-refractivity contribution in [3.05, 3.63) is 93.0 Å². The molecule has 174 valence electrons. The number of ether oxygens (including phenoxy) is 1. The third-order valence-corrected chi connectivity index (χ3v) is 5.56. The number of nitro groups is 1. The molecule has 1 heterocycles. The van der Waals surface area contributed by atoms with Gasteiger partial charge in [0.2, 0.25) is 0 Å². The van der Waals surface area contributed by atoms with Crippen molar-refractivity contribution in [3.8, 4) is 0 Å². The first-order valence-electron chi connectivity index (χ1n) is 10.5. The third-order valence-electron chi connectivity index (χ3n) is 5.31. The van der Waals surface area contributed by atoms with Gasteiger partial charge in [-0.2, -0.15) is 0 Å². The molecular weight excluding hydrogens is 460 g/mol. The van der Waals surface area contributed by atoms with Gasteiger partial charge in [-0.3, -0.25) is 19.7 Å². The number of hydrogen-bond acceptors (Lipinski definition) is 6. The summed E-state index contributed by atoms with van der Waals surface area (Å²) in [5.41, 5.74) is 1.57. The van der Waals surface area contributed by atoms with E-state index in [1.54, 1.807) is 54.6 Å². The molecule has 0 saturated carbocycles. The van der Waals surface area contributed by atoms with Gasteiger partial charge in [-0.1, -0.05) is 23.7 Å². The highest BCUT2D eigenvalue weighted by molar-refractivity contribution is 6.30. The van der Waals surface area contributed by atoms with Crippen LogP contribution in [0.5, 0.6) is 0 Å². The average molecular weight is 481 g/mol. The number of rotatable bonds is 6. The standard InChI is InChI=1S/C24H21ClN4O5/c25-16-5-7-17(8-6-16)26-23(30)19-3-1-2-4-21(19)27-24(31)20-15-18(29(32)33)9-10-22(20)28-11-13-34-14-12-28/h1-10,15H,11-14H2,(H,26,30)(H,27,31). The summed E-state index contributed by atoms with van der Waals surface area (Å²) >= 11 is 5.89. The quantitative estimate of drug-likeness (QED) is 0.394. The van der Waals surface area contributed by atoms with Gasteiger partial charge < -0.3 is 20.3 Å². The predicted molar refractivity (Wildman–Crippen MR) is 130 cm³/mol. The van der Waals surface area contributed by atoms with E-state index in [0.29, 0.717) is 42.7 Å². The summed E-state index contributed by atoms with van der Waals surface area (Å²) in [6.45, 7) is 2.09. The Bertz CT molecular complexity index is 1230. The topological polar surface area (TPSA) is 114 Å². The predicted octanol–water partition coefficient (Wildman–Crippen LogP) is 4.59. The zero-order valence-electron chi connectivity index (χ0n) is 18.0. The summed E-state index contributed by atoms with van der Waals surface area (Å²) in [5, 5.41) is 17.4. The van der Waals surface area contributed by atoms with Crippen LogP contribution < -0.4 is 15.5 Å². The summed E-state index contributed by atoms with van der Waals surface area (Å²) < 4.78 is 5.37. The highest BCUT2D eigenvalue weighted by Gasteiger charge is 2.23. The number of nitrogens with one attached hydrogen (secondary N) is 2. The van der Waals surface area contributed by atoms with Crippen molar-refractivity contribution in [2.24, 2.45) is 0 Å². The number of carbonyl (C=O) groups excluding carboxylic acids is 2. The van der Waals surface area contributed by atoms with Gasteiger partial charge in [0.25, 0.3) is 17.5 Å². The normalized spacial score (nSPS) is 13.3. The Labute approximate surface area is 200 Å². The van der Waals surface area contributed by atoms with Gasteiger partial charge in [0.1, 0.15) is 0 Å². The second-order valence-corrected chi connectivity index (χ2v) is 7.96. The van der Waals surface area contributed by atoms with Crippen molar-refractivity contribution >= 4 is 46.2 Å². The number of nitrogens with zero attached hydrogens (tertiary/aromatic N) is 2. The molecule has 3 aromatic rings. The lowest BCUT2D eigenvalue weighted by Crippen LogP contribution is -2.37. The second-order valence-electron chi connectivity index (χ2n) is 7.52. The van der Waals surface area contributed by atoms with E-state index in [1.165, 1.54) is 12.1 Å². The Morgan fingerprint density at radius 3 is 2.29 bits per heavy atom. The zero-order chi connectivity index (χ0) is 24.1. The summed E-state index contributed by atoms with van der Waals surface area (Å²) in [6.07, 6.45) is 0. The minimum Gasteiger partial charge on any atom is -0.378 e. The van der Waals surface area contributed by atoms with Gasteiger partial charge in [0.05, 0.1) is 40.6 Å². The van der Waals surface area contributed by atoms with E-state index < -0.39 is 16.7 Å². The maximum Gasteiger partial charge on any atom is 0.270 e. The number of benzene rings is 3. The molecule has 10 heteroatoms. The third kappa shape index (κ3) is 5.33. The lowest BCUT2D eigenvalue weighted by molar-refractivity contribution is -0.384. The van der Waals surface area contributed by atoms with Gasteiger partial charge >= 0.3 is 0 Å². The maximum absolute atomic E-state index is 13.3. The molecule has 1 fully saturated rings. The number of nitro benzene ring substituents is 1. The molecule has 34 heavy (non-hydrogen) atoms. The Hall–Kier alpha value is -3.95. The molecule has 3 aromatic carbocycles. The molecule has 9 nitrogen and oxygen atoms in total. The maximum atomic E-state index is 13.3. The van der Waals surface area contributed by atoms with Crippen molar-refractivity contribution in [1.29, 1.82) is 0 Å². The molecule has 4 rings (SSSR count). The molecule has 1 aliphatic rings. The first-order valence-corrected chi connectivity index (χ1v) is 10.9. The van der Waals surface area contributed by atoms with E-state index in [0.717, 1.165) is 0 Å². The Morgan fingerprint density at radius 2 is 1.59 bits per heavy atom. The summed E-state index contributed by atoms with van der Waals surface area (Å²) in [7, 11) is 0. The van der Waals surface area contributed by atoms with Crippen LogP contribution in [0.15, 0.2) is 66.7 Å². The van der Waals surface area contributed by atoms with Gasteiger partial charge in [0.15, 0.2) is 0 Å². The van der Waals surface area contributed by atoms with Crippen LogP contribution in [-0.2, 0) is 4.74 Å². The fraction of sp³-hybridized carbons (Fsp3) is 0.167. The Morgan fingerprint density at radius 1 is 0.912 bits per heavy atom. The molecule has 1 saturated heterocycles. The molecule has 1 aliphatic heterocycles. The van der Waals surface area contributed by atoms with E-state index in [2.05, 4.69) is 10.6 Å². The molecule has 0 aromatic heterocycles. The first kappa shape index (κ1) is 23.2. The highest BCUT2D eigenvalue weighted by Crippen LogP contribution is 2.28. The van der Waals surface area contributed by atoms with Crippen LogP contribution >= 0.6 is 11.6 Å². The van der Waals surface area contributed by atoms with Crippen LogP contribution in [-0.4, -0.2) is 43.0 Å². The molecule has 0 spiro atoms. The van der Waals surface area contributed by atoms with E-state index in [9.17, 15) is 19.7 Å². The smallest absolute Gasteiger partial charge is 0.270 e. The van der Waals surface area contributed by atoms with E-state index in [1.807, 2.05) is 4.90 Å². The fourth-order valence-corrected chi connectivity index (χ4v) is 3.74. The van der Waals surface area contributed by atoms with E-state index >= 15 is 0 Å². The van der Waals surface area contributed by atoms with Crippen LogP contribution in [0.4, 0.5) is 22.7 Å². The van der Waals surface area contributed by atoms with Crippen molar-refractivity contribution in [3.63, 3.8) is 0 Å². The number of anilines is 3. The summed E-state index contributed by atoms with van der Waals surface area (Å²) in [4.78, 5) is 38.9. The zero-order valence-corrected chi connectivity index (χ0v) is 18.7. The van der Waals surface area contributed by atoms with Gasteiger partial charge in [-0.05, 0) is 42.5 Å². The number of amides is 2. The first-order chi connectivity index (χ1) is 16.4. The van der Waals surface area contributed by atoms with Crippen LogP contribution in [0.25, 0.3) is 0 Å². The number of hydrogen-bond donors (Lipinski definition) is 2. The van der Waals surface area contributed by atoms with Crippen molar-refractivity contribution in [1.82, 2.24) is 0 Å².